The van der Waals surface area contributed by atoms with Crippen LogP contribution in [0, 0.1) is 11.8 Å². The zero-order valence-electron chi connectivity index (χ0n) is 10.6. The second kappa shape index (κ2) is 3.72. The average molecular weight is 256 g/mol. The van der Waals surface area contributed by atoms with Crippen molar-refractivity contribution in [3.63, 3.8) is 0 Å². The van der Waals surface area contributed by atoms with Crippen LogP contribution in [0.4, 0.5) is 4.79 Å². The molecule has 0 radical (unpaired) electrons. The Labute approximate surface area is 103 Å². The molecule has 0 spiro atoms. The van der Waals surface area contributed by atoms with E-state index in [2.05, 4.69) is 19.6 Å². The van der Waals surface area contributed by atoms with Gasteiger partial charge in [-0.05, 0) is 44.8 Å². The van der Waals surface area contributed by atoms with Gasteiger partial charge in [0.15, 0.2) is 8.32 Å². The van der Waals surface area contributed by atoms with Gasteiger partial charge in [0.2, 0.25) is 0 Å². The molecule has 3 unspecified atom stereocenters. The van der Waals surface area contributed by atoms with Crippen LogP contribution in [0.2, 0.25) is 19.6 Å². The highest BCUT2D eigenvalue weighted by atomic mass is 28.4. The predicted molar refractivity (Wildman–Crippen MR) is 64.2 cm³/mol. The summed E-state index contributed by atoms with van der Waals surface area (Å²) in [7, 11) is -1.54. The molecule has 0 aromatic rings. The van der Waals surface area contributed by atoms with E-state index in [1.165, 1.54) is 0 Å². The first-order valence-corrected chi connectivity index (χ1v) is 9.88. The first-order valence-electron chi connectivity index (χ1n) is 6.47. The summed E-state index contributed by atoms with van der Waals surface area (Å²) in [6.45, 7) is 6.62. The molecule has 0 amide bonds. The molecule has 1 aliphatic heterocycles. The number of hydrogen-bond acceptors (Lipinski definition) is 4. The second-order valence-electron chi connectivity index (χ2n) is 6.48. The summed E-state index contributed by atoms with van der Waals surface area (Å²) in [4.78, 5) is 11.3. The predicted octanol–water partition coefficient (Wildman–Crippen LogP) is 2.54. The molecule has 0 N–H and O–H groups in total. The van der Waals surface area contributed by atoms with E-state index in [1.54, 1.807) is 0 Å². The summed E-state index contributed by atoms with van der Waals surface area (Å²) in [6, 6.07) is 0. The Hall–Kier alpha value is -0.553. The Morgan fingerprint density at radius 3 is 2.24 bits per heavy atom. The molecule has 3 aliphatic carbocycles. The van der Waals surface area contributed by atoms with E-state index in [9.17, 15) is 4.79 Å². The van der Waals surface area contributed by atoms with E-state index in [0.29, 0.717) is 5.92 Å². The van der Waals surface area contributed by atoms with Gasteiger partial charge in [-0.1, -0.05) is 0 Å². The van der Waals surface area contributed by atoms with Crippen molar-refractivity contribution in [3.8, 4) is 0 Å². The fourth-order valence-corrected chi connectivity index (χ4v) is 4.73. The summed E-state index contributed by atoms with van der Waals surface area (Å²) in [5.74, 6) is 0.869. The second-order valence-corrected chi connectivity index (χ2v) is 10.9. The van der Waals surface area contributed by atoms with Crippen molar-refractivity contribution in [1.82, 2.24) is 0 Å². The summed E-state index contributed by atoms with van der Waals surface area (Å²) >= 11 is 0. The lowest BCUT2D eigenvalue weighted by Gasteiger charge is -2.53. The topological polar surface area (TPSA) is 44.8 Å². The van der Waals surface area contributed by atoms with Crippen LogP contribution in [-0.4, -0.2) is 32.8 Å². The molecule has 4 rings (SSSR count). The van der Waals surface area contributed by atoms with Crippen LogP contribution in [0.15, 0.2) is 0 Å². The van der Waals surface area contributed by atoms with E-state index in [4.69, 9.17) is 13.9 Å². The molecule has 4 nitrogen and oxygen atoms in total. The van der Waals surface area contributed by atoms with Crippen molar-refractivity contribution in [1.29, 1.82) is 0 Å². The van der Waals surface area contributed by atoms with Crippen molar-refractivity contribution in [2.45, 2.75) is 57.2 Å². The molecule has 96 valence electrons. The molecule has 1 heterocycles. The lowest BCUT2D eigenvalue weighted by Crippen LogP contribution is -2.60. The number of carbonyl (C=O) groups excluding carboxylic acids is 1. The van der Waals surface area contributed by atoms with E-state index in [0.717, 1.165) is 19.3 Å². The van der Waals surface area contributed by atoms with Crippen LogP contribution in [0.3, 0.4) is 0 Å². The molecule has 1 saturated heterocycles. The molecule has 4 aliphatic rings. The number of fused-ring (bicyclic) bond motifs is 1. The number of carbonyl (C=O) groups is 1. The Bertz CT molecular complexity index is 320. The highest BCUT2D eigenvalue weighted by molar-refractivity contribution is 6.69. The van der Waals surface area contributed by atoms with Crippen molar-refractivity contribution < 1.29 is 18.7 Å². The van der Waals surface area contributed by atoms with Gasteiger partial charge in [-0.2, -0.15) is 0 Å². The SMILES string of the molecule is C[Si](C)(C)OC1CC2CC3OC(=O)OC(C2)C31. The molecule has 0 aromatic heterocycles. The molecule has 4 bridgehead atoms. The summed E-state index contributed by atoms with van der Waals surface area (Å²) in [5, 5.41) is 0. The smallest absolute Gasteiger partial charge is 0.430 e. The van der Waals surface area contributed by atoms with Crippen LogP contribution < -0.4 is 0 Å². The van der Waals surface area contributed by atoms with E-state index in [-0.39, 0.29) is 24.2 Å². The molecular formula is C12H20O4Si. The van der Waals surface area contributed by atoms with Crippen molar-refractivity contribution in [3.05, 3.63) is 0 Å². The van der Waals surface area contributed by atoms with Gasteiger partial charge in [0, 0.05) is 0 Å². The lowest BCUT2D eigenvalue weighted by atomic mass is 9.65. The molecule has 0 aromatic carbocycles. The Balaban J connectivity index is 1.79. The van der Waals surface area contributed by atoms with Gasteiger partial charge in [0.1, 0.15) is 12.2 Å². The Morgan fingerprint density at radius 2 is 1.71 bits per heavy atom. The Morgan fingerprint density at radius 1 is 1.12 bits per heavy atom. The number of rotatable bonds is 2. The van der Waals surface area contributed by atoms with Crippen LogP contribution in [0.25, 0.3) is 0 Å². The monoisotopic (exact) mass is 256 g/mol. The summed E-state index contributed by atoms with van der Waals surface area (Å²) < 4.78 is 16.9. The maximum absolute atomic E-state index is 11.3. The fraction of sp³-hybridized carbons (Fsp3) is 0.917. The minimum atomic E-state index is -1.54. The van der Waals surface area contributed by atoms with Crippen LogP contribution in [0.5, 0.6) is 0 Å². The van der Waals surface area contributed by atoms with Gasteiger partial charge in [-0.15, -0.1) is 0 Å². The zero-order valence-corrected chi connectivity index (χ0v) is 11.6. The molecular weight excluding hydrogens is 236 g/mol. The Kier molecular flexibility index (Phi) is 2.52. The maximum atomic E-state index is 11.3. The van der Waals surface area contributed by atoms with E-state index in [1.807, 2.05) is 0 Å². The minimum absolute atomic E-state index is 0.0371. The van der Waals surface area contributed by atoms with Crippen LogP contribution in [-0.2, 0) is 13.9 Å². The minimum Gasteiger partial charge on any atom is -0.430 e. The van der Waals surface area contributed by atoms with Gasteiger partial charge in [0.25, 0.3) is 0 Å². The molecule has 3 saturated carbocycles. The fourth-order valence-electron chi connectivity index (χ4n) is 3.57. The standard InChI is InChI=1S/C12H20O4Si/c1-17(2,3)16-10-6-7-4-8-11(10)9(5-7)15-12(13)14-8/h7-11H,4-6H2,1-3H3. The number of ether oxygens (including phenoxy) is 2. The molecule has 17 heavy (non-hydrogen) atoms. The molecule has 4 fully saturated rings. The quantitative estimate of drug-likeness (QED) is 0.562. The van der Waals surface area contributed by atoms with Gasteiger partial charge in [-0.3, -0.25) is 0 Å². The van der Waals surface area contributed by atoms with Crippen molar-refractivity contribution >= 4 is 14.5 Å². The van der Waals surface area contributed by atoms with Gasteiger partial charge >= 0.3 is 6.16 Å². The van der Waals surface area contributed by atoms with Gasteiger partial charge in [-0.25, -0.2) is 4.79 Å². The first-order chi connectivity index (χ1) is 7.92. The van der Waals surface area contributed by atoms with Crippen LogP contribution >= 0.6 is 0 Å². The summed E-state index contributed by atoms with van der Waals surface area (Å²) in [6.07, 6.45) is 2.94. The van der Waals surface area contributed by atoms with Crippen molar-refractivity contribution in [2.24, 2.45) is 11.8 Å². The number of hydrogen-bond donors (Lipinski definition) is 0. The third kappa shape index (κ3) is 2.10. The summed E-state index contributed by atoms with van der Waals surface area (Å²) in [5.41, 5.74) is 0. The van der Waals surface area contributed by atoms with E-state index < -0.39 is 14.5 Å². The normalized spacial score (nSPS) is 44.2. The third-order valence-electron chi connectivity index (χ3n) is 3.98. The van der Waals surface area contributed by atoms with Gasteiger partial charge < -0.3 is 13.9 Å². The highest BCUT2D eigenvalue weighted by Gasteiger charge is 2.55. The van der Waals surface area contributed by atoms with E-state index >= 15 is 0 Å². The highest BCUT2D eigenvalue weighted by Crippen LogP contribution is 2.48. The zero-order chi connectivity index (χ0) is 12.2. The van der Waals surface area contributed by atoms with Crippen molar-refractivity contribution in [2.75, 3.05) is 0 Å². The lowest BCUT2D eigenvalue weighted by molar-refractivity contribution is -0.191. The molecule has 5 heteroatoms. The van der Waals surface area contributed by atoms with Crippen LogP contribution in [0.1, 0.15) is 19.3 Å². The molecule has 3 atom stereocenters. The van der Waals surface area contributed by atoms with Gasteiger partial charge in [0.05, 0.1) is 12.0 Å². The first kappa shape index (κ1) is 11.5. The third-order valence-corrected chi connectivity index (χ3v) is 4.99. The average Bonchev–Trinajstić information content (AvgIpc) is 2.11. The maximum Gasteiger partial charge on any atom is 0.508 e. The largest absolute Gasteiger partial charge is 0.508 e.